The molecule has 1 rings (SSSR count). The lowest BCUT2D eigenvalue weighted by molar-refractivity contribution is -0.186. The van der Waals surface area contributed by atoms with Gasteiger partial charge in [0.1, 0.15) is 0 Å². The summed E-state index contributed by atoms with van der Waals surface area (Å²) in [5.74, 6) is -1.09. The van der Waals surface area contributed by atoms with Gasteiger partial charge in [0.15, 0.2) is 5.60 Å². The van der Waals surface area contributed by atoms with Gasteiger partial charge in [0.2, 0.25) is 0 Å². The Morgan fingerprint density at radius 3 is 2.26 bits per heavy atom. The molecule has 106 valence electrons. The minimum atomic E-state index is -4.68. The summed E-state index contributed by atoms with van der Waals surface area (Å²) in [5.41, 5.74) is 2.96. The molecule has 0 aliphatic heterocycles. The minimum Gasteiger partial charge on any atom is -0.399 e. The average Bonchev–Trinajstić information content (AvgIpc) is 2.27. The standard InChI is InChI=1S/C12H15F3N2O2/c1-2-17-10(18)11(19,7-12(13,14)15)8-3-5-9(16)6-4-8/h3-6,19H,2,7,16H2,1H3,(H,17,18). The summed E-state index contributed by atoms with van der Waals surface area (Å²) in [5, 5.41) is 12.3. The number of nitrogen functional groups attached to an aromatic ring is 1. The molecule has 0 radical (unpaired) electrons. The van der Waals surface area contributed by atoms with Gasteiger partial charge >= 0.3 is 6.18 Å². The van der Waals surface area contributed by atoms with E-state index in [0.29, 0.717) is 5.69 Å². The molecule has 0 aliphatic carbocycles. The topological polar surface area (TPSA) is 75.3 Å². The van der Waals surface area contributed by atoms with E-state index in [0.717, 1.165) is 0 Å². The van der Waals surface area contributed by atoms with Crippen LogP contribution in [-0.4, -0.2) is 23.7 Å². The van der Waals surface area contributed by atoms with Crippen molar-refractivity contribution in [3.63, 3.8) is 0 Å². The van der Waals surface area contributed by atoms with Crippen molar-refractivity contribution in [2.45, 2.75) is 25.1 Å². The Bertz CT molecular complexity index is 445. The van der Waals surface area contributed by atoms with Crippen molar-refractivity contribution >= 4 is 11.6 Å². The van der Waals surface area contributed by atoms with Crippen LogP contribution in [-0.2, 0) is 10.4 Å². The molecule has 0 aromatic heterocycles. The number of rotatable bonds is 4. The molecule has 0 fully saturated rings. The number of carbonyl (C=O) groups is 1. The molecule has 1 aromatic rings. The van der Waals surface area contributed by atoms with Crippen LogP contribution in [0.3, 0.4) is 0 Å². The lowest BCUT2D eigenvalue weighted by atomic mass is 9.89. The lowest BCUT2D eigenvalue weighted by Gasteiger charge is -2.28. The third-order valence-electron chi connectivity index (χ3n) is 2.56. The Kier molecular flexibility index (Phi) is 4.41. The average molecular weight is 276 g/mol. The molecule has 4 nitrogen and oxygen atoms in total. The highest BCUT2D eigenvalue weighted by Crippen LogP contribution is 2.35. The summed E-state index contributed by atoms with van der Waals surface area (Å²) < 4.78 is 37.7. The molecule has 4 N–H and O–H groups in total. The summed E-state index contributed by atoms with van der Waals surface area (Å²) in [4.78, 5) is 11.7. The van der Waals surface area contributed by atoms with Crippen LogP contribution in [0.4, 0.5) is 18.9 Å². The Hall–Kier alpha value is -1.76. The molecule has 0 heterocycles. The summed E-state index contributed by atoms with van der Waals surface area (Å²) in [7, 11) is 0. The van der Waals surface area contributed by atoms with Crippen molar-refractivity contribution in [1.29, 1.82) is 0 Å². The Balaban J connectivity index is 3.18. The van der Waals surface area contributed by atoms with Gasteiger partial charge in [-0.05, 0) is 24.6 Å². The van der Waals surface area contributed by atoms with E-state index < -0.39 is 24.1 Å². The van der Waals surface area contributed by atoms with Crippen molar-refractivity contribution < 1.29 is 23.1 Å². The van der Waals surface area contributed by atoms with Crippen LogP contribution in [0.1, 0.15) is 18.9 Å². The molecule has 19 heavy (non-hydrogen) atoms. The molecule has 1 atom stereocenters. The van der Waals surface area contributed by atoms with Gasteiger partial charge in [0.05, 0.1) is 6.42 Å². The van der Waals surface area contributed by atoms with Crippen molar-refractivity contribution in [3.8, 4) is 0 Å². The Morgan fingerprint density at radius 1 is 1.32 bits per heavy atom. The molecule has 0 saturated carbocycles. The molecular formula is C12H15F3N2O2. The van der Waals surface area contributed by atoms with E-state index in [2.05, 4.69) is 5.32 Å². The zero-order chi connectivity index (χ0) is 14.7. The number of carbonyl (C=O) groups excluding carboxylic acids is 1. The summed E-state index contributed by atoms with van der Waals surface area (Å²) >= 11 is 0. The molecular weight excluding hydrogens is 261 g/mol. The molecule has 7 heteroatoms. The highest BCUT2D eigenvalue weighted by atomic mass is 19.4. The number of benzene rings is 1. The second kappa shape index (κ2) is 5.48. The maximum atomic E-state index is 12.6. The highest BCUT2D eigenvalue weighted by Gasteiger charge is 2.47. The number of likely N-dealkylation sites (N-methyl/N-ethyl adjacent to an activating group) is 1. The van der Waals surface area contributed by atoms with Crippen molar-refractivity contribution in [3.05, 3.63) is 29.8 Å². The summed E-state index contributed by atoms with van der Waals surface area (Å²) in [6.07, 6.45) is -6.34. The van der Waals surface area contributed by atoms with E-state index in [4.69, 9.17) is 5.73 Å². The Labute approximate surface area is 108 Å². The SMILES string of the molecule is CCNC(=O)C(O)(CC(F)(F)F)c1ccc(N)cc1. The van der Waals surface area contributed by atoms with Crippen LogP contribution in [0.2, 0.25) is 0 Å². The number of amides is 1. The minimum absolute atomic E-state index is 0.119. The second-order valence-corrected chi connectivity index (χ2v) is 4.13. The predicted molar refractivity (Wildman–Crippen MR) is 64.1 cm³/mol. The second-order valence-electron chi connectivity index (χ2n) is 4.13. The molecule has 0 spiro atoms. The maximum absolute atomic E-state index is 12.6. The Morgan fingerprint density at radius 2 is 1.84 bits per heavy atom. The first-order valence-electron chi connectivity index (χ1n) is 5.62. The van der Waals surface area contributed by atoms with Crippen molar-refractivity contribution in [2.75, 3.05) is 12.3 Å². The number of alkyl halides is 3. The van der Waals surface area contributed by atoms with Gasteiger partial charge in [-0.25, -0.2) is 0 Å². The molecule has 1 unspecified atom stereocenters. The van der Waals surface area contributed by atoms with E-state index in [1.807, 2.05) is 0 Å². The van der Waals surface area contributed by atoms with E-state index in [-0.39, 0.29) is 12.1 Å². The van der Waals surface area contributed by atoms with Gasteiger partial charge in [-0.2, -0.15) is 13.2 Å². The smallest absolute Gasteiger partial charge is 0.392 e. The first kappa shape index (κ1) is 15.3. The fraction of sp³-hybridized carbons (Fsp3) is 0.417. The van der Waals surface area contributed by atoms with Crippen LogP contribution in [0.25, 0.3) is 0 Å². The first-order chi connectivity index (χ1) is 8.69. The van der Waals surface area contributed by atoms with Gasteiger partial charge in [0.25, 0.3) is 5.91 Å². The number of nitrogens with one attached hydrogen (secondary N) is 1. The molecule has 0 saturated heterocycles. The van der Waals surface area contributed by atoms with Gasteiger partial charge < -0.3 is 16.2 Å². The number of aliphatic hydroxyl groups is 1. The normalized spacial score (nSPS) is 14.8. The van der Waals surface area contributed by atoms with Crippen LogP contribution in [0, 0.1) is 0 Å². The summed E-state index contributed by atoms with van der Waals surface area (Å²) in [6.45, 7) is 1.67. The third kappa shape index (κ3) is 3.85. The lowest BCUT2D eigenvalue weighted by Crippen LogP contribution is -2.47. The zero-order valence-corrected chi connectivity index (χ0v) is 10.3. The van der Waals surface area contributed by atoms with Gasteiger partial charge in [-0.3, -0.25) is 4.79 Å². The van der Waals surface area contributed by atoms with Crippen LogP contribution < -0.4 is 11.1 Å². The largest absolute Gasteiger partial charge is 0.399 e. The fourth-order valence-corrected chi connectivity index (χ4v) is 1.67. The van der Waals surface area contributed by atoms with Gasteiger partial charge in [0, 0.05) is 12.2 Å². The quantitative estimate of drug-likeness (QED) is 0.730. The molecule has 1 aromatic carbocycles. The third-order valence-corrected chi connectivity index (χ3v) is 2.56. The van der Waals surface area contributed by atoms with Crippen molar-refractivity contribution in [1.82, 2.24) is 5.32 Å². The van der Waals surface area contributed by atoms with Crippen LogP contribution in [0.5, 0.6) is 0 Å². The number of anilines is 1. The number of nitrogens with two attached hydrogens (primary N) is 1. The predicted octanol–water partition coefficient (Wildman–Crippen LogP) is 1.54. The van der Waals surface area contributed by atoms with Crippen molar-refractivity contribution in [2.24, 2.45) is 0 Å². The van der Waals surface area contributed by atoms with Gasteiger partial charge in [-0.1, -0.05) is 12.1 Å². The van der Waals surface area contributed by atoms with E-state index in [1.165, 1.54) is 24.3 Å². The maximum Gasteiger partial charge on any atom is 0.392 e. The fourth-order valence-electron chi connectivity index (χ4n) is 1.67. The summed E-state index contributed by atoms with van der Waals surface area (Å²) in [6, 6.07) is 5.07. The number of hydrogen-bond donors (Lipinski definition) is 3. The van der Waals surface area contributed by atoms with E-state index in [9.17, 15) is 23.1 Å². The first-order valence-corrected chi connectivity index (χ1v) is 5.62. The van der Waals surface area contributed by atoms with Gasteiger partial charge in [-0.15, -0.1) is 0 Å². The highest BCUT2D eigenvalue weighted by molar-refractivity contribution is 5.86. The zero-order valence-electron chi connectivity index (χ0n) is 10.3. The number of halogens is 3. The monoisotopic (exact) mass is 276 g/mol. The van der Waals surface area contributed by atoms with E-state index >= 15 is 0 Å². The molecule has 0 aliphatic rings. The molecule has 0 bridgehead atoms. The molecule has 1 amide bonds. The van der Waals surface area contributed by atoms with Crippen LogP contribution >= 0.6 is 0 Å². The van der Waals surface area contributed by atoms with E-state index in [1.54, 1.807) is 6.92 Å². The number of hydrogen-bond acceptors (Lipinski definition) is 3. The van der Waals surface area contributed by atoms with Crippen LogP contribution in [0.15, 0.2) is 24.3 Å².